The standard InChI is InChI=1S/C25H24F3N3O5S.2ClH/c26-25(27,28)19-1-3-20(4-2-19)36-21-5-7-22(8-6-21)37(34,35)24(23(32)30-33)11-15-31(16-12-24)17-18-9-13-29-14-10-18;;/h1-10,13-14,33H,11-12,15-17H2,(H,30,32);2*1H. The highest BCUT2D eigenvalue weighted by molar-refractivity contribution is 7.93. The SMILES string of the molecule is Cl.Cl.O=C(NO)C1(S(=O)(=O)c2ccc(Oc3ccc(C(F)(F)F)cc3)cc2)CCN(Cc2ccncc2)CC1. The smallest absolute Gasteiger partial charge is 0.416 e. The van der Waals surface area contributed by atoms with E-state index in [0.29, 0.717) is 19.6 Å². The number of alkyl halides is 3. The molecule has 39 heavy (non-hydrogen) atoms. The lowest BCUT2D eigenvalue weighted by Crippen LogP contribution is -2.57. The molecule has 2 N–H and O–H groups in total. The summed E-state index contributed by atoms with van der Waals surface area (Å²) in [6.07, 6.45) is -1.20. The molecule has 14 heteroatoms. The summed E-state index contributed by atoms with van der Waals surface area (Å²) >= 11 is 0. The van der Waals surface area contributed by atoms with Crippen molar-refractivity contribution in [3.05, 3.63) is 84.2 Å². The van der Waals surface area contributed by atoms with Gasteiger partial charge in [0.2, 0.25) is 0 Å². The molecule has 1 fully saturated rings. The Bertz CT molecular complexity index is 1340. The van der Waals surface area contributed by atoms with Crippen molar-refractivity contribution in [3.63, 3.8) is 0 Å². The molecule has 1 aliphatic rings. The van der Waals surface area contributed by atoms with Crippen LogP contribution in [0.2, 0.25) is 0 Å². The summed E-state index contributed by atoms with van der Waals surface area (Å²) < 4.78 is 69.1. The van der Waals surface area contributed by atoms with Crippen LogP contribution in [0.5, 0.6) is 11.5 Å². The van der Waals surface area contributed by atoms with Gasteiger partial charge in [-0.05, 0) is 79.1 Å². The number of hydrogen-bond donors (Lipinski definition) is 2. The number of piperidine rings is 1. The number of aromatic nitrogens is 1. The Morgan fingerprint density at radius 2 is 1.46 bits per heavy atom. The fourth-order valence-corrected chi connectivity index (χ4v) is 6.25. The van der Waals surface area contributed by atoms with Gasteiger partial charge in [0.15, 0.2) is 14.6 Å². The van der Waals surface area contributed by atoms with Crippen LogP contribution in [0.3, 0.4) is 0 Å². The molecule has 1 amide bonds. The predicted molar refractivity (Wildman–Crippen MR) is 141 cm³/mol. The molecule has 3 aromatic rings. The summed E-state index contributed by atoms with van der Waals surface area (Å²) in [7, 11) is -4.23. The van der Waals surface area contributed by atoms with Gasteiger partial charge < -0.3 is 4.74 Å². The van der Waals surface area contributed by atoms with Gasteiger partial charge in [0.25, 0.3) is 5.91 Å². The number of hydrogen-bond acceptors (Lipinski definition) is 7. The number of carbonyl (C=O) groups excluding carboxylic acids is 1. The monoisotopic (exact) mass is 607 g/mol. The van der Waals surface area contributed by atoms with Crippen LogP contribution in [0.4, 0.5) is 13.2 Å². The van der Waals surface area contributed by atoms with Crippen molar-refractivity contribution >= 4 is 40.6 Å². The molecule has 0 spiro atoms. The molecular formula is C25H26Cl2F3N3O5S. The number of likely N-dealkylation sites (tertiary alicyclic amines) is 1. The van der Waals surface area contributed by atoms with Crippen molar-refractivity contribution < 1.29 is 36.3 Å². The number of halogens is 5. The van der Waals surface area contributed by atoms with E-state index < -0.39 is 32.2 Å². The van der Waals surface area contributed by atoms with Crippen molar-refractivity contribution in [2.75, 3.05) is 13.1 Å². The third kappa shape index (κ3) is 7.00. The third-order valence-electron chi connectivity index (χ3n) is 6.40. The van der Waals surface area contributed by atoms with Gasteiger partial charge in [0.05, 0.1) is 10.5 Å². The van der Waals surface area contributed by atoms with Gasteiger partial charge in [-0.3, -0.25) is 19.9 Å². The summed E-state index contributed by atoms with van der Waals surface area (Å²) in [5.74, 6) is -0.658. The quantitative estimate of drug-likeness (QED) is 0.286. The van der Waals surface area contributed by atoms with E-state index in [-0.39, 0.29) is 54.1 Å². The fraction of sp³-hybridized carbons (Fsp3) is 0.280. The molecule has 8 nitrogen and oxygen atoms in total. The van der Waals surface area contributed by atoms with Gasteiger partial charge in [0.1, 0.15) is 11.5 Å². The molecule has 0 atom stereocenters. The van der Waals surface area contributed by atoms with E-state index in [1.165, 1.54) is 29.7 Å². The topological polar surface area (TPSA) is 109 Å². The van der Waals surface area contributed by atoms with Crippen LogP contribution in [-0.2, 0) is 27.4 Å². The zero-order chi connectivity index (χ0) is 26.7. The zero-order valence-corrected chi connectivity index (χ0v) is 22.7. The maximum absolute atomic E-state index is 13.6. The Labute approximate surface area is 235 Å². The number of nitrogens with zero attached hydrogens (tertiary/aromatic N) is 2. The van der Waals surface area contributed by atoms with Gasteiger partial charge in [-0.15, -0.1) is 24.8 Å². The van der Waals surface area contributed by atoms with Crippen molar-refractivity contribution in [3.8, 4) is 11.5 Å². The van der Waals surface area contributed by atoms with Gasteiger partial charge in [0, 0.05) is 32.0 Å². The van der Waals surface area contributed by atoms with E-state index in [1.54, 1.807) is 12.4 Å². The maximum atomic E-state index is 13.6. The predicted octanol–water partition coefficient (Wildman–Crippen LogP) is 5.05. The first-order valence-electron chi connectivity index (χ1n) is 11.3. The number of nitrogens with one attached hydrogen (secondary N) is 1. The van der Waals surface area contributed by atoms with E-state index in [4.69, 9.17) is 4.74 Å². The third-order valence-corrected chi connectivity index (χ3v) is 8.92. The Balaban J connectivity index is 0.00000267. The average molecular weight is 608 g/mol. The lowest BCUT2D eigenvalue weighted by atomic mass is 9.94. The molecule has 2 heterocycles. The van der Waals surface area contributed by atoms with Crippen LogP contribution in [0, 0.1) is 0 Å². The zero-order valence-electron chi connectivity index (χ0n) is 20.3. The van der Waals surface area contributed by atoms with Crippen LogP contribution in [-0.4, -0.2) is 47.3 Å². The summed E-state index contributed by atoms with van der Waals surface area (Å²) in [5, 5.41) is 9.37. The molecule has 1 aliphatic heterocycles. The van der Waals surface area contributed by atoms with Crippen molar-refractivity contribution in [1.29, 1.82) is 0 Å². The summed E-state index contributed by atoms with van der Waals surface area (Å²) in [4.78, 5) is 18.6. The van der Waals surface area contributed by atoms with Crippen molar-refractivity contribution in [1.82, 2.24) is 15.4 Å². The molecule has 2 aromatic carbocycles. The van der Waals surface area contributed by atoms with E-state index in [2.05, 4.69) is 4.98 Å². The van der Waals surface area contributed by atoms with Crippen LogP contribution < -0.4 is 10.2 Å². The normalized spacial score (nSPS) is 15.4. The van der Waals surface area contributed by atoms with Crippen LogP contribution in [0.25, 0.3) is 0 Å². The molecule has 0 saturated carbocycles. The molecule has 0 radical (unpaired) electrons. The number of carbonyl (C=O) groups is 1. The molecule has 4 rings (SSSR count). The lowest BCUT2D eigenvalue weighted by molar-refractivity contribution is -0.137. The molecule has 0 unspecified atom stereocenters. The Morgan fingerprint density at radius 3 is 1.95 bits per heavy atom. The number of ether oxygens (including phenoxy) is 1. The molecule has 212 valence electrons. The Hall–Kier alpha value is -2.90. The highest BCUT2D eigenvalue weighted by Crippen LogP contribution is 2.37. The molecule has 1 saturated heterocycles. The van der Waals surface area contributed by atoms with Crippen molar-refractivity contribution in [2.24, 2.45) is 0 Å². The number of hydroxylamine groups is 1. The molecule has 1 aromatic heterocycles. The summed E-state index contributed by atoms with van der Waals surface area (Å²) in [6, 6.07) is 13.0. The van der Waals surface area contributed by atoms with Gasteiger partial charge >= 0.3 is 6.18 Å². The summed E-state index contributed by atoms with van der Waals surface area (Å²) in [5.41, 5.74) is 1.71. The van der Waals surface area contributed by atoms with Gasteiger partial charge in [-0.25, -0.2) is 13.9 Å². The summed E-state index contributed by atoms with van der Waals surface area (Å²) in [6.45, 7) is 1.18. The fourth-order valence-electron chi connectivity index (χ4n) is 4.30. The van der Waals surface area contributed by atoms with Crippen molar-refractivity contribution in [2.45, 2.75) is 35.2 Å². The maximum Gasteiger partial charge on any atom is 0.416 e. The minimum atomic E-state index is -4.47. The van der Waals surface area contributed by atoms with E-state index in [9.17, 15) is 31.6 Å². The largest absolute Gasteiger partial charge is 0.457 e. The van der Waals surface area contributed by atoms with E-state index >= 15 is 0 Å². The Kier molecular flexibility index (Phi) is 10.7. The first kappa shape index (κ1) is 32.3. The molecular weight excluding hydrogens is 582 g/mol. The molecule has 0 bridgehead atoms. The number of amides is 1. The number of pyridine rings is 1. The minimum Gasteiger partial charge on any atom is -0.457 e. The van der Waals surface area contributed by atoms with Crippen LogP contribution in [0.15, 0.2) is 78.0 Å². The number of sulfone groups is 1. The van der Waals surface area contributed by atoms with Crippen LogP contribution in [0.1, 0.15) is 24.0 Å². The van der Waals surface area contributed by atoms with Gasteiger partial charge in [-0.2, -0.15) is 13.2 Å². The first-order chi connectivity index (χ1) is 17.5. The number of benzene rings is 2. The highest BCUT2D eigenvalue weighted by Gasteiger charge is 2.52. The highest BCUT2D eigenvalue weighted by atomic mass is 35.5. The number of rotatable bonds is 7. The lowest BCUT2D eigenvalue weighted by Gasteiger charge is -2.39. The Morgan fingerprint density at radius 1 is 0.949 bits per heavy atom. The second kappa shape index (κ2) is 13.0. The van der Waals surface area contributed by atoms with Crippen LogP contribution >= 0.6 is 24.8 Å². The van der Waals surface area contributed by atoms with Gasteiger partial charge in [-0.1, -0.05) is 0 Å². The second-order valence-corrected chi connectivity index (χ2v) is 10.9. The average Bonchev–Trinajstić information content (AvgIpc) is 2.89. The van der Waals surface area contributed by atoms with E-state index in [0.717, 1.165) is 29.8 Å². The second-order valence-electron chi connectivity index (χ2n) is 8.67. The molecule has 0 aliphatic carbocycles. The van der Waals surface area contributed by atoms with E-state index in [1.807, 2.05) is 17.0 Å². The minimum absolute atomic E-state index is 0. The first-order valence-corrected chi connectivity index (χ1v) is 12.8.